The van der Waals surface area contributed by atoms with Gasteiger partial charge in [-0.3, -0.25) is 4.79 Å². The van der Waals surface area contributed by atoms with Crippen LogP contribution in [0.15, 0.2) is 54.7 Å². The summed E-state index contributed by atoms with van der Waals surface area (Å²) in [6.45, 7) is 0. The second kappa shape index (κ2) is 6.10. The minimum Gasteiger partial charge on any atom is -0.419 e. The van der Waals surface area contributed by atoms with Crippen molar-refractivity contribution >= 4 is 23.7 Å². The van der Waals surface area contributed by atoms with Gasteiger partial charge in [-0.05, 0) is 24.3 Å². The first kappa shape index (κ1) is 14.5. The summed E-state index contributed by atoms with van der Waals surface area (Å²) in [5.74, 6) is -1.85. The molecule has 114 valence electrons. The Labute approximate surface area is 130 Å². The van der Waals surface area contributed by atoms with Crippen LogP contribution in [0.5, 0.6) is 11.5 Å². The highest BCUT2D eigenvalue weighted by Gasteiger charge is 2.22. The normalized spacial score (nSPS) is 14.6. The van der Waals surface area contributed by atoms with E-state index in [0.717, 1.165) is 12.2 Å². The number of nitrogens with zero attached hydrogens (tertiary/aromatic N) is 1. The van der Waals surface area contributed by atoms with Gasteiger partial charge in [0, 0.05) is 18.3 Å². The van der Waals surface area contributed by atoms with Crippen LogP contribution >= 0.6 is 0 Å². The molecule has 7 nitrogen and oxygen atoms in total. The quantitative estimate of drug-likeness (QED) is 0.670. The zero-order chi connectivity index (χ0) is 16.2. The number of fused-ring (bicyclic) bond motifs is 1. The van der Waals surface area contributed by atoms with Gasteiger partial charge in [0.2, 0.25) is 0 Å². The Morgan fingerprint density at radius 3 is 2.48 bits per heavy atom. The molecule has 0 aliphatic carbocycles. The molecule has 2 heterocycles. The van der Waals surface area contributed by atoms with E-state index in [9.17, 15) is 14.4 Å². The lowest BCUT2D eigenvalue weighted by molar-refractivity contribution is -0.133. The lowest BCUT2D eigenvalue weighted by Gasteiger charge is -2.14. The summed E-state index contributed by atoms with van der Waals surface area (Å²) in [7, 11) is 0. The van der Waals surface area contributed by atoms with Gasteiger partial charge in [-0.2, -0.15) is 0 Å². The van der Waals surface area contributed by atoms with E-state index in [2.05, 4.69) is 10.3 Å². The predicted molar refractivity (Wildman–Crippen MR) is 79.0 cm³/mol. The van der Waals surface area contributed by atoms with Gasteiger partial charge in [0.05, 0.1) is 5.56 Å². The molecule has 1 aliphatic heterocycles. The Balaban J connectivity index is 1.96. The molecule has 3 rings (SSSR count). The highest BCUT2D eigenvalue weighted by molar-refractivity contribution is 6.07. The Kier molecular flexibility index (Phi) is 3.84. The molecule has 0 saturated heterocycles. The summed E-state index contributed by atoms with van der Waals surface area (Å²) >= 11 is 0. The maximum Gasteiger partial charge on any atom is 0.336 e. The third-order valence-electron chi connectivity index (χ3n) is 2.90. The molecule has 2 aromatic rings. The van der Waals surface area contributed by atoms with E-state index in [1.807, 2.05) is 0 Å². The second-order valence-corrected chi connectivity index (χ2v) is 4.48. The molecule has 0 unspecified atom stereocenters. The van der Waals surface area contributed by atoms with Crippen molar-refractivity contribution in [2.75, 3.05) is 5.32 Å². The summed E-state index contributed by atoms with van der Waals surface area (Å²) < 4.78 is 10.1. The number of amides is 1. The largest absolute Gasteiger partial charge is 0.419 e. The van der Waals surface area contributed by atoms with Crippen molar-refractivity contribution in [3.8, 4) is 11.5 Å². The SMILES string of the molecule is O=C1/C=C/C(=O)Oc2c(cccc2C(=O)Nc2ccccn2)O1. The van der Waals surface area contributed by atoms with Crippen LogP contribution in [-0.4, -0.2) is 22.8 Å². The molecule has 1 aliphatic rings. The molecule has 1 aromatic heterocycles. The molecule has 0 fully saturated rings. The maximum absolute atomic E-state index is 12.4. The van der Waals surface area contributed by atoms with Crippen molar-refractivity contribution in [1.82, 2.24) is 4.98 Å². The fourth-order valence-corrected chi connectivity index (χ4v) is 1.91. The van der Waals surface area contributed by atoms with Crippen LogP contribution in [0, 0.1) is 0 Å². The summed E-state index contributed by atoms with van der Waals surface area (Å²) in [6, 6.07) is 9.42. The number of para-hydroxylation sites is 1. The van der Waals surface area contributed by atoms with Crippen molar-refractivity contribution in [3.05, 3.63) is 60.3 Å². The highest BCUT2D eigenvalue weighted by atomic mass is 16.6. The van der Waals surface area contributed by atoms with Gasteiger partial charge in [-0.25, -0.2) is 14.6 Å². The van der Waals surface area contributed by atoms with Crippen molar-refractivity contribution < 1.29 is 23.9 Å². The molecule has 0 saturated carbocycles. The van der Waals surface area contributed by atoms with Crippen molar-refractivity contribution in [3.63, 3.8) is 0 Å². The number of ether oxygens (including phenoxy) is 2. The maximum atomic E-state index is 12.4. The van der Waals surface area contributed by atoms with Crippen LogP contribution in [0.2, 0.25) is 0 Å². The molecular formula is C16H10N2O5. The van der Waals surface area contributed by atoms with E-state index >= 15 is 0 Å². The molecule has 0 bridgehead atoms. The fraction of sp³-hybridized carbons (Fsp3) is 0. The topological polar surface area (TPSA) is 94.6 Å². The lowest BCUT2D eigenvalue weighted by Crippen LogP contribution is -2.19. The molecule has 1 aromatic carbocycles. The van der Waals surface area contributed by atoms with Crippen molar-refractivity contribution in [2.24, 2.45) is 0 Å². The zero-order valence-corrected chi connectivity index (χ0v) is 11.7. The Morgan fingerprint density at radius 2 is 1.74 bits per heavy atom. The van der Waals surface area contributed by atoms with E-state index in [1.165, 1.54) is 24.4 Å². The first-order valence-electron chi connectivity index (χ1n) is 6.60. The number of nitrogens with one attached hydrogen (secondary N) is 1. The van der Waals surface area contributed by atoms with Crippen molar-refractivity contribution in [1.29, 1.82) is 0 Å². The number of hydrogen-bond donors (Lipinski definition) is 1. The van der Waals surface area contributed by atoms with Gasteiger partial charge in [-0.15, -0.1) is 0 Å². The van der Waals surface area contributed by atoms with E-state index in [-0.39, 0.29) is 17.1 Å². The van der Waals surface area contributed by atoms with Crippen LogP contribution in [0.4, 0.5) is 5.82 Å². The van der Waals surface area contributed by atoms with Crippen molar-refractivity contribution in [2.45, 2.75) is 0 Å². The third kappa shape index (κ3) is 3.24. The van der Waals surface area contributed by atoms with Crippen LogP contribution in [0.1, 0.15) is 10.4 Å². The van der Waals surface area contributed by atoms with E-state index in [1.54, 1.807) is 18.2 Å². The average Bonchev–Trinajstić information content (AvgIpc) is 2.54. The van der Waals surface area contributed by atoms with Gasteiger partial charge in [0.15, 0.2) is 11.5 Å². The summed E-state index contributed by atoms with van der Waals surface area (Å²) in [5, 5.41) is 2.57. The van der Waals surface area contributed by atoms with Crippen LogP contribution in [0.25, 0.3) is 0 Å². The number of carbonyl (C=O) groups is 3. The minimum atomic E-state index is -0.777. The number of aromatic nitrogens is 1. The molecule has 7 heteroatoms. The molecular weight excluding hydrogens is 300 g/mol. The average molecular weight is 310 g/mol. The summed E-state index contributed by atoms with van der Waals surface area (Å²) in [4.78, 5) is 39.5. The van der Waals surface area contributed by atoms with E-state index < -0.39 is 17.8 Å². The predicted octanol–water partition coefficient (Wildman–Crippen LogP) is 1.71. The lowest BCUT2D eigenvalue weighted by atomic mass is 10.1. The van der Waals surface area contributed by atoms with E-state index in [0.29, 0.717) is 5.82 Å². The van der Waals surface area contributed by atoms with Gasteiger partial charge in [0.1, 0.15) is 5.82 Å². The number of carbonyl (C=O) groups excluding carboxylic acids is 3. The summed E-state index contributed by atoms with van der Waals surface area (Å²) in [5.41, 5.74) is 0.0459. The molecule has 1 N–H and O–H groups in total. The number of benzene rings is 1. The smallest absolute Gasteiger partial charge is 0.336 e. The van der Waals surface area contributed by atoms with Gasteiger partial charge >= 0.3 is 11.9 Å². The number of pyridine rings is 1. The van der Waals surface area contributed by atoms with Crippen LogP contribution in [-0.2, 0) is 9.59 Å². The van der Waals surface area contributed by atoms with Crippen LogP contribution in [0.3, 0.4) is 0 Å². The van der Waals surface area contributed by atoms with Crippen LogP contribution < -0.4 is 14.8 Å². The zero-order valence-electron chi connectivity index (χ0n) is 11.7. The van der Waals surface area contributed by atoms with Gasteiger partial charge in [0.25, 0.3) is 5.91 Å². The first-order chi connectivity index (χ1) is 11.1. The van der Waals surface area contributed by atoms with E-state index in [4.69, 9.17) is 9.47 Å². The van der Waals surface area contributed by atoms with Gasteiger partial charge in [-0.1, -0.05) is 12.1 Å². The summed E-state index contributed by atoms with van der Waals surface area (Å²) in [6.07, 6.45) is 3.41. The number of anilines is 1. The second-order valence-electron chi connectivity index (χ2n) is 4.48. The number of hydrogen-bond acceptors (Lipinski definition) is 6. The third-order valence-corrected chi connectivity index (χ3v) is 2.90. The molecule has 23 heavy (non-hydrogen) atoms. The molecule has 0 spiro atoms. The van der Waals surface area contributed by atoms with Gasteiger partial charge < -0.3 is 14.8 Å². The first-order valence-corrected chi connectivity index (χ1v) is 6.60. The monoisotopic (exact) mass is 310 g/mol. The number of rotatable bonds is 2. The number of esters is 2. The standard InChI is InChI=1S/C16H10N2O5/c19-13-7-8-14(20)23-15-10(4-3-5-11(15)22-13)16(21)18-12-6-1-2-9-17-12/h1-9H,(H,17,18,21)/b8-7+. The minimum absolute atomic E-state index is 0.0126. The molecule has 0 radical (unpaired) electrons. The Bertz CT molecular complexity index is 814. The molecule has 1 amide bonds. The fourth-order valence-electron chi connectivity index (χ4n) is 1.91. The Hall–Kier alpha value is -3.48. The molecule has 0 atom stereocenters. The Morgan fingerprint density at radius 1 is 0.957 bits per heavy atom. The highest BCUT2D eigenvalue weighted by Crippen LogP contribution is 2.33.